The van der Waals surface area contributed by atoms with Gasteiger partial charge in [-0.3, -0.25) is 0 Å². The lowest BCUT2D eigenvalue weighted by Crippen LogP contribution is -1.98. The van der Waals surface area contributed by atoms with Gasteiger partial charge in [-0.05, 0) is 36.6 Å². The van der Waals surface area contributed by atoms with E-state index in [2.05, 4.69) is 72.2 Å². The number of rotatable bonds is 10. The van der Waals surface area contributed by atoms with Crippen molar-refractivity contribution in [3.63, 3.8) is 0 Å². The van der Waals surface area contributed by atoms with E-state index in [0.29, 0.717) is 0 Å². The Morgan fingerprint density at radius 1 is 1.05 bits per heavy atom. The van der Waals surface area contributed by atoms with Crippen LogP contribution in [-0.2, 0) is 0 Å². The number of unbranched alkanes of at least 4 members (excludes halogenated alkanes) is 4. The Morgan fingerprint density at radius 3 is 2.35 bits per heavy atom. The molecule has 0 spiro atoms. The first-order valence-corrected chi connectivity index (χ1v) is 10.9. The zero-order chi connectivity index (χ0) is 14.8. The SMILES string of the molecule is CCCC(CCCCCCCC(Br)(Br)Br)c1cccs1. The quantitative estimate of drug-likeness (QED) is 0.230. The van der Waals surface area contributed by atoms with Crippen molar-refractivity contribution in [1.29, 1.82) is 0 Å². The third kappa shape index (κ3) is 9.22. The normalized spacial score (nSPS) is 13.6. The second-order valence-corrected chi connectivity index (χ2v) is 13.7. The van der Waals surface area contributed by atoms with Crippen LogP contribution in [0.1, 0.15) is 75.5 Å². The summed E-state index contributed by atoms with van der Waals surface area (Å²) in [6.07, 6.45) is 11.9. The highest BCUT2D eigenvalue weighted by Gasteiger charge is 2.16. The van der Waals surface area contributed by atoms with Crippen LogP contribution in [0.5, 0.6) is 0 Å². The minimum atomic E-state index is -0.0433. The van der Waals surface area contributed by atoms with E-state index in [9.17, 15) is 0 Å². The zero-order valence-electron chi connectivity index (χ0n) is 12.2. The van der Waals surface area contributed by atoms with Gasteiger partial charge in [0.25, 0.3) is 0 Å². The first-order valence-electron chi connectivity index (χ1n) is 7.63. The molecule has 20 heavy (non-hydrogen) atoms. The van der Waals surface area contributed by atoms with Crippen molar-refractivity contribution in [1.82, 2.24) is 0 Å². The van der Waals surface area contributed by atoms with Gasteiger partial charge in [0.15, 0.2) is 0 Å². The molecule has 1 heterocycles. The third-order valence-corrected chi connectivity index (χ3v) is 5.82. The molecule has 1 aromatic heterocycles. The van der Waals surface area contributed by atoms with Gasteiger partial charge in [0.2, 0.25) is 0 Å². The fraction of sp³-hybridized carbons (Fsp3) is 0.750. The Kier molecular flexibility index (Phi) is 10.4. The number of thiophene rings is 1. The molecule has 1 aromatic rings. The van der Waals surface area contributed by atoms with Crippen molar-refractivity contribution in [2.45, 2.75) is 72.8 Å². The summed E-state index contributed by atoms with van der Waals surface area (Å²) in [5.41, 5.74) is 0. The number of alkyl halides is 3. The molecule has 0 aromatic carbocycles. The molecule has 0 amide bonds. The lowest BCUT2D eigenvalue weighted by Gasteiger charge is -2.14. The summed E-state index contributed by atoms with van der Waals surface area (Å²) in [5.74, 6) is 0.806. The standard InChI is InChI=1S/C16H25Br3S/c1-2-9-14(15-11-8-13-20-15)10-6-4-3-5-7-12-16(17,18)19/h8,11,13-14H,2-7,9-10,12H2,1H3. The minimum Gasteiger partial charge on any atom is -0.149 e. The Morgan fingerprint density at radius 2 is 1.75 bits per heavy atom. The molecule has 0 fully saturated rings. The number of hydrogen-bond acceptors (Lipinski definition) is 1. The monoisotopic (exact) mass is 486 g/mol. The summed E-state index contributed by atoms with van der Waals surface area (Å²) in [6, 6.07) is 4.50. The van der Waals surface area contributed by atoms with Crippen molar-refractivity contribution in [2.24, 2.45) is 0 Å². The average molecular weight is 489 g/mol. The van der Waals surface area contributed by atoms with Crippen LogP contribution in [0.4, 0.5) is 0 Å². The van der Waals surface area contributed by atoms with E-state index in [-0.39, 0.29) is 2.14 Å². The molecule has 0 saturated heterocycles. The summed E-state index contributed by atoms with van der Waals surface area (Å²) in [7, 11) is 0. The molecule has 0 aliphatic heterocycles. The Hall–Kier alpha value is 1.14. The Bertz CT molecular complexity index is 330. The van der Waals surface area contributed by atoms with Crippen LogP contribution >= 0.6 is 59.1 Å². The van der Waals surface area contributed by atoms with Gasteiger partial charge < -0.3 is 0 Å². The van der Waals surface area contributed by atoms with Crippen LogP contribution in [0.25, 0.3) is 0 Å². The van der Waals surface area contributed by atoms with Crippen LogP contribution in [0.15, 0.2) is 17.5 Å². The second kappa shape index (κ2) is 10.8. The Labute approximate surface area is 153 Å². The van der Waals surface area contributed by atoms with Crippen LogP contribution < -0.4 is 0 Å². The summed E-state index contributed by atoms with van der Waals surface area (Å²) < 4.78 is -0.0433. The summed E-state index contributed by atoms with van der Waals surface area (Å²) >= 11 is 12.6. The second-order valence-electron chi connectivity index (χ2n) is 5.42. The van der Waals surface area contributed by atoms with Crippen molar-refractivity contribution in [3.05, 3.63) is 22.4 Å². The van der Waals surface area contributed by atoms with E-state index in [1.54, 1.807) is 4.88 Å². The molecular formula is C16H25Br3S. The average Bonchev–Trinajstić information content (AvgIpc) is 2.88. The van der Waals surface area contributed by atoms with Crippen molar-refractivity contribution in [2.75, 3.05) is 0 Å². The molecule has 0 nitrogen and oxygen atoms in total. The van der Waals surface area contributed by atoms with Gasteiger partial charge in [-0.2, -0.15) is 0 Å². The maximum atomic E-state index is 3.55. The van der Waals surface area contributed by atoms with Gasteiger partial charge >= 0.3 is 0 Å². The van der Waals surface area contributed by atoms with Crippen LogP contribution in [0.3, 0.4) is 0 Å². The largest absolute Gasteiger partial charge is 0.149 e. The molecule has 0 N–H and O–H groups in total. The summed E-state index contributed by atoms with van der Waals surface area (Å²) in [5, 5.41) is 2.21. The van der Waals surface area contributed by atoms with Crippen LogP contribution in [0, 0.1) is 0 Å². The molecule has 0 radical (unpaired) electrons. The highest BCUT2D eigenvalue weighted by Crippen LogP contribution is 2.38. The van der Waals surface area contributed by atoms with Gasteiger partial charge in [-0.25, -0.2) is 0 Å². The molecule has 1 unspecified atom stereocenters. The zero-order valence-corrected chi connectivity index (χ0v) is 17.8. The number of hydrogen-bond donors (Lipinski definition) is 0. The highest BCUT2D eigenvalue weighted by atomic mass is 80.0. The fourth-order valence-electron chi connectivity index (χ4n) is 2.55. The minimum absolute atomic E-state index is 0.0433. The fourth-order valence-corrected chi connectivity index (χ4v) is 4.29. The van der Waals surface area contributed by atoms with Crippen molar-refractivity contribution >= 4 is 59.1 Å². The van der Waals surface area contributed by atoms with Gasteiger partial charge in [-0.15, -0.1) is 11.3 Å². The van der Waals surface area contributed by atoms with E-state index in [0.717, 1.165) is 12.3 Å². The van der Waals surface area contributed by atoms with Gasteiger partial charge in [-0.1, -0.05) is 99.3 Å². The predicted molar refractivity (Wildman–Crippen MR) is 104 cm³/mol. The molecule has 1 atom stereocenters. The van der Waals surface area contributed by atoms with Gasteiger partial charge in [0, 0.05) is 4.88 Å². The molecule has 1 rings (SSSR count). The molecular weight excluding hydrogens is 464 g/mol. The lowest BCUT2D eigenvalue weighted by atomic mass is 9.94. The molecule has 4 heteroatoms. The van der Waals surface area contributed by atoms with Gasteiger partial charge in [0.05, 0.1) is 0 Å². The first-order chi connectivity index (χ1) is 9.53. The van der Waals surface area contributed by atoms with Crippen LogP contribution in [0.2, 0.25) is 0 Å². The topological polar surface area (TPSA) is 0 Å². The summed E-state index contributed by atoms with van der Waals surface area (Å²) in [4.78, 5) is 1.59. The maximum Gasteiger partial charge on any atom is 0.135 e. The highest BCUT2D eigenvalue weighted by molar-refractivity contribution is 9.39. The van der Waals surface area contributed by atoms with Gasteiger partial charge in [0.1, 0.15) is 2.14 Å². The maximum absolute atomic E-state index is 3.55. The molecule has 116 valence electrons. The van der Waals surface area contributed by atoms with E-state index in [1.807, 2.05) is 11.3 Å². The van der Waals surface area contributed by atoms with Crippen molar-refractivity contribution in [3.8, 4) is 0 Å². The Balaban J connectivity index is 2.10. The first kappa shape index (κ1) is 19.2. The number of halogens is 3. The van der Waals surface area contributed by atoms with E-state index < -0.39 is 0 Å². The molecule has 0 bridgehead atoms. The van der Waals surface area contributed by atoms with E-state index >= 15 is 0 Å². The summed E-state index contributed by atoms with van der Waals surface area (Å²) in [6.45, 7) is 2.30. The van der Waals surface area contributed by atoms with Crippen LogP contribution in [-0.4, -0.2) is 2.14 Å². The lowest BCUT2D eigenvalue weighted by molar-refractivity contribution is 0.516. The molecule has 0 aliphatic rings. The van der Waals surface area contributed by atoms with E-state index in [4.69, 9.17) is 0 Å². The van der Waals surface area contributed by atoms with E-state index in [1.165, 1.54) is 51.4 Å². The predicted octanol–water partition coefficient (Wildman–Crippen LogP) is 8.20. The smallest absolute Gasteiger partial charge is 0.135 e. The molecule has 0 aliphatic carbocycles. The van der Waals surface area contributed by atoms with Crippen molar-refractivity contribution < 1.29 is 0 Å². The molecule has 0 saturated carbocycles. The third-order valence-electron chi connectivity index (χ3n) is 3.60.